The van der Waals surface area contributed by atoms with Gasteiger partial charge in [-0.2, -0.15) is 5.10 Å². The fraction of sp³-hybridized carbons (Fsp3) is 0.0526. The molecule has 0 radical (unpaired) electrons. The van der Waals surface area contributed by atoms with Crippen molar-refractivity contribution in [2.75, 3.05) is 5.32 Å². The van der Waals surface area contributed by atoms with Crippen LogP contribution in [-0.2, 0) is 7.05 Å². The van der Waals surface area contributed by atoms with Crippen LogP contribution in [0.4, 0.5) is 14.5 Å². The predicted octanol–water partition coefficient (Wildman–Crippen LogP) is 4.10. The summed E-state index contributed by atoms with van der Waals surface area (Å²) in [7, 11) is 1.82. The Morgan fingerprint density at radius 1 is 1.15 bits per heavy atom. The third-order valence-corrected chi connectivity index (χ3v) is 4.21. The minimum atomic E-state index is -0.967. The number of benzene rings is 2. The number of rotatable bonds is 3. The largest absolute Gasteiger partial charge is 0.359 e. The van der Waals surface area contributed by atoms with E-state index in [9.17, 15) is 13.6 Å². The minimum Gasteiger partial charge on any atom is -0.359 e. The van der Waals surface area contributed by atoms with Crippen LogP contribution in [0.5, 0.6) is 0 Å². The fourth-order valence-corrected chi connectivity index (χ4v) is 2.89. The van der Waals surface area contributed by atoms with Crippen molar-refractivity contribution in [2.24, 2.45) is 7.05 Å². The van der Waals surface area contributed by atoms with E-state index in [-0.39, 0.29) is 5.91 Å². The summed E-state index contributed by atoms with van der Waals surface area (Å²) < 4.78 is 28.5. The lowest BCUT2D eigenvalue weighted by Crippen LogP contribution is -2.11. The number of nitrogens with zero attached hydrogens (tertiary/aromatic N) is 2. The molecule has 2 aromatic carbocycles. The summed E-state index contributed by atoms with van der Waals surface area (Å²) in [6.45, 7) is 0. The summed E-state index contributed by atoms with van der Waals surface area (Å²) in [5.74, 6) is -2.26. The summed E-state index contributed by atoms with van der Waals surface area (Å²) in [4.78, 5) is 15.4. The van der Waals surface area contributed by atoms with Crippen LogP contribution in [-0.4, -0.2) is 20.7 Å². The van der Waals surface area contributed by atoms with Gasteiger partial charge in [-0.05, 0) is 24.3 Å². The lowest BCUT2D eigenvalue weighted by atomic mass is 10.1. The van der Waals surface area contributed by atoms with Gasteiger partial charge in [0.1, 0.15) is 0 Å². The van der Waals surface area contributed by atoms with Crippen molar-refractivity contribution in [3.63, 3.8) is 0 Å². The third kappa shape index (κ3) is 2.73. The van der Waals surface area contributed by atoms with Crippen molar-refractivity contribution in [2.45, 2.75) is 0 Å². The molecule has 4 aromatic rings. The molecule has 2 N–H and O–H groups in total. The number of halogens is 2. The van der Waals surface area contributed by atoms with Gasteiger partial charge >= 0.3 is 0 Å². The molecule has 0 fully saturated rings. The molecule has 0 aliphatic rings. The van der Waals surface area contributed by atoms with Gasteiger partial charge < -0.3 is 10.3 Å². The van der Waals surface area contributed by atoms with Crippen molar-refractivity contribution >= 4 is 22.5 Å². The van der Waals surface area contributed by atoms with Crippen LogP contribution in [0.2, 0.25) is 0 Å². The van der Waals surface area contributed by atoms with Crippen molar-refractivity contribution < 1.29 is 13.6 Å². The maximum atomic E-state index is 13.5. The number of carbonyl (C=O) groups is 1. The van der Waals surface area contributed by atoms with E-state index in [2.05, 4.69) is 15.4 Å². The first kappa shape index (κ1) is 16.0. The van der Waals surface area contributed by atoms with Crippen LogP contribution in [0.1, 0.15) is 10.4 Å². The van der Waals surface area contributed by atoms with Crippen LogP contribution < -0.4 is 5.32 Å². The average molecular weight is 352 g/mol. The number of nitrogens with one attached hydrogen (secondary N) is 2. The molecule has 0 saturated carbocycles. The summed E-state index contributed by atoms with van der Waals surface area (Å²) in [5.41, 5.74) is 2.97. The van der Waals surface area contributed by atoms with Gasteiger partial charge in [0.2, 0.25) is 0 Å². The monoisotopic (exact) mass is 352 g/mol. The Kier molecular flexibility index (Phi) is 3.76. The second kappa shape index (κ2) is 6.11. The normalized spacial score (nSPS) is 11.0. The van der Waals surface area contributed by atoms with Crippen LogP contribution in [0, 0.1) is 11.6 Å². The number of anilines is 1. The quantitative estimate of drug-likeness (QED) is 0.583. The van der Waals surface area contributed by atoms with E-state index in [1.54, 1.807) is 29.1 Å². The topological polar surface area (TPSA) is 62.7 Å². The van der Waals surface area contributed by atoms with Gasteiger partial charge in [0, 0.05) is 42.0 Å². The van der Waals surface area contributed by atoms with Crippen molar-refractivity contribution in [3.8, 4) is 11.3 Å². The minimum absolute atomic E-state index is 0.348. The molecule has 0 bridgehead atoms. The molecule has 2 heterocycles. The number of amides is 1. The number of hydrogen-bond donors (Lipinski definition) is 2. The summed E-state index contributed by atoms with van der Waals surface area (Å²) in [6.07, 6.45) is 3.19. The molecule has 4 rings (SSSR count). The number of aromatic nitrogens is 3. The van der Waals surface area contributed by atoms with E-state index in [4.69, 9.17) is 0 Å². The Morgan fingerprint density at radius 3 is 2.73 bits per heavy atom. The number of carbonyl (C=O) groups excluding carboxylic acids is 1. The Bertz CT molecular complexity index is 1130. The van der Waals surface area contributed by atoms with Crippen LogP contribution in [0.15, 0.2) is 54.9 Å². The number of aryl methyl sites for hydroxylation is 1. The van der Waals surface area contributed by atoms with Crippen LogP contribution in [0.3, 0.4) is 0 Å². The zero-order valence-corrected chi connectivity index (χ0v) is 13.8. The summed E-state index contributed by atoms with van der Waals surface area (Å²) in [5, 5.41) is 7.26. The molecule has 130 valence electrons. The van der Waals surface area contributed by atoms with Gasteiger partial charge in [-0.25, -0.2) is 8.78 Å². The van der Waals surface area contributed by atoms with E-state index in [0.29, 0.717) is 22.2 Å². The Morgan fingerprint density at radius 2 is 1.96 bits per heavy atom. The van der Waals surface area contributed by atoms with Gasteiger partial charge in [-0.3, -0.25) is 9.48 Å². The molecule has 5 nitrogen and oxygen atoms in total. The lowest BCUT2D eigenvalue weighted by molar-refractivity contribution is 0.102. The molecule has 2 aromatic heterocycles. The van der Waals surface area contributed by atoms with E-state index in [0.717, 1.165) is 23.4 Å². The summed E-state index contributed by atoms with van der Waals surface area (Å²) in [6, 6.07) is 11.1. The van der Waals surface area contributed by atoms with Crippen LogP contribution >= 0.6 is 0 Å². The molecular formula is C19H14F2N4O. The highest BCUT2D eigenvalue weighted by Gasteiger charge is 2.14. The molecule has 0 aliphatic carbocycles. The zero-order valence-electron chi connectivity index (χ0n) is 13.8. The maximum Gasteiger partial charge on any atom is 0.255 e. The van der Waals surface area contributed by atoms with Crippen molar-refractivity contribution in [1.29, 1.82) is 0 Å². The Labute approximate surface area is 147 Å². The van der Waals surface area contributed by atoms with E-state index < -0.39 is 11.6 Å². The van der Waals surface area contributed by atoms with Crippen molar-refractivity contribution in [1.82, 2.24) is 14.8 Å². The highest BCUT2D eigenvalue weighted by atomic mass is 19.2. The first-order valence-corrected chi connectivity index (χ1v) is 7.89. The van der Waals surface area contributed by atoms with Gasteiger partial charge in [-0.15, -0.1) is 0 Å². The van der Waals surface area contributed by atoms with Gasteiger partial charge in [0.15, 0.2) is 11.6 Å². The first-order chi connectivity index (χ1) is 12.5. The van der Waals surface area contributed by atoms with E-state index in [1.807, 2.05) is 19.2 Å². The zero-order chi connectivity index (χ0) is 18.3. The Balaban J connectivity index is 1.65. The SMILES string of the molecule is Cn1nccc1-c1cccc(C(=O)Nc2c[nH]c3cc(F)c(F)cc23)c1. The second-order valence-corrected chi connectivity index (χ2v) is 5.89. The molecule has 0 unspecified atom stereocenters. The second-order valence-electron chi connectivity index (χ2n) is 5.89. The molecule has 1 amide bonds. The maximum absolute atomic E-state index is 13.5. The number of aromatic amines is 1. The number of H-pyrrole nitrogens is 1. The van der Waals surface area contributed by atoms with Gasteiger partial charge in [0.05, 0.1) is 16.9 Å². The molecule has 0 saturated heterocycles. The third-order valence-electron chi connectivity index (χ3n) is 4.21. The highest BCUT2D eigenvalue weighted by Crippen LogP contribution is 2.26. The van der Waals surface area contributed by atoms with E-state index in [1.165, 1.54) is 6.20 Å². The first-order valence-electron chi connectivity index (χ1n) is 7.89. The van der Waals surface area contributed by atoms with E-state index >= 15 is 0 Å². The molecular weight excluding hydrogens is 338 g/mol. The predicted molar refractivity (Wildman–Crippen MR) is 94.8 cm³/mol. The molecule has 7 heteroatoms. The average Bonchev–Trinajstić information content (AvgIpc) is 3.22. The fourth-order valence-electron chi connectivity index (χ4n) is 2.89. The molecule has 0 atom stereocenters. The molecule has 0 spiro atoms. The molecule has 26 heavy (non-hydrogen) atoms. The van der Waals surface area contributed by atoms with Crippen molar-refractivity contribution in [3.05, 3.63) is 72.1 Å². The smallest absolute Gasteiger partial charge is 0.255 e. The van der Waals surface area contributed by atoms with Gasteiger partial charge in [-0.1, -0.05) is 12.1 Å². The Hall–Kier alpha value is -3.48. The molecule has 0 aliphatic heterocycles. The lowest BCUT2D eigenvalue weighted by Gasteiger charge is -2.07. The van der Waals surface area contributed by atoms with Gasteiger partial charge in [0.25, 0.3) is 5.91 Å². The van der Waals surface area contributed by atoms with Crippen LogP contribution in [0.25, 0.3) is 22.2 Å². The highest BCUT2D eigenvalue weighted by molar-refractivity contribution is 6.09. The number of hydrogen-bond acceptors (Lipinski definition) is 2. The standard InChI is InChI=1S/C19H14F2N4O/c1-25-18(5-6-23-25)11-3-2-4-12(7-11)19(26)24-17-10-22-16-9-15(21)14(20)8-13(16)17/h2-10,22H,1H3,(H,24,26). The summed E-state index contributed by atoms with van der Waals surface area (Å²) >= 11 is 0. The number of fused-ring (bicyclic) bond motifs is 1.